The number of unbranched alkanes of at least 4 members (excludes halogenated alkanes) is 4. The molecule has 0 aromatic rings. The van der Waals surface area contributed by atoms with E-state index in [1.54, 1.807) is 0 Å². The van der Waals surface area contributed by atoms with Gasteiger partial charge in [-0.3, -0.25) is 4.79 Å². The Morgan fingerprint density at radius 3 is 3.00 bits per heavy atom. The number of carbonyl (C=O) groups excluding carboxylic acids is 1. The Kier molecular flexibility index (Phi) is 3.33. The number of carbonyl (C=O) groups is 1. The molecule has 3 aliphatic rings. The van der Waals surface area contributed by atoms with Crippen LogP contribution in [0.25, 0.3) is 0 Å². The first-order valence-electron chi connectivity index (χ1n) is 7.50. The number of fused-ring (bicyclic) bond motifs is 1. The maximum Gasteiger partial charge on any atom is 0.309 e. The number of esters is 1. The zero-order chi connectivity index (χ0) is 12.5. The normalized spacial score (nSPS) is 39.6. The molecule has 0 aromatic heterocycles. The molecular formula is C16H22O2. The monoisotopic (exact) mass is 246 g/mol. The van der Waals surface area contributed by atoms with Gasteiger partial charge in [0.2, 0.25) is 0 Å². The molecule has 2 bridgehead atoms. The van der Waals surface area contributed by atoms with Gasteiger partial charge in [0, 0.05) is 12.3 Å². The van der Waals surface area contributed by atoms with Gasteiger partial charge in [-0.1, -0.05) is 32.1 Å². The van der Waals surface area contributed by atoms with Gasteiger partial charge < -0.3 is 4.74 Å². The second-order valence-electron chi connectivity index (χ2n) is 6.06. The third-order valence-corrected chi connectivity index (χ3v) is 4.91. The third kappa shape index (κ3) is 1.94. The van der Waals surface area contributed by atoms with Crippen molar-refractivity contribution in [2.24, 2.45) is 23.7 Å². The highest BCUT2D eigenvalue weighted by molar-refractivity contribution is 5.76. The number of hydrogen-bond donors (Lipinski definition) is 0. The number of rotatable bonds is 4. The van der Waals surface area contributed by atoms with Gasteiger partial charge >= 0.3 is 5.97 Å². The predicted octanol–water partition coefficient (Wildman–Crippen LogP) is 3.16. The fourth-order valence-electron chi connectivity index (χ4n) is 3.99. The van der Waals surface area contributed by atoms with Gasteiger partial charge in [0.15, 0.2) is 0 Å². The summed E-state index contributed by atoms with van der Waals surface area (Å²) in [6.45, 7) is 2.23. The second-order valence-corrected chi connectivity index (χ2v) is 6.06. The molecule has 3 fully saturated rings. The van der Waals surface area contributed by atoms with Gasteiger partial charge in [0.1, 0.15) is 6.10 Å². The van der Waals surface area contributed by atoms with Gasteiger partial charge in [-0.2, -0.15) is 0 Å². The molecule has 1 unspecified atom stereocenters. The van der Waals surface area contributed by atoms with E-state index in [2.05, 4.69) is 18.8 Å². The zero-order valence-electron chi connectivity index (χ0n) is 11.2. The van der Waals surface area contributed by atoms with Gasteiger partial charge in [-0.25, -0.2) is 0 Å². The Morgan fingerprint density at radius 1 is 1.28 bits per heavy atom. The quantitative estimate of drug-likeness (QED) is 0.433. The maximum atomic E-state index is 11.6. The molecule has 1 aliphatic heterocycles. The molecule has 98 valence electrons. The fourth-order valence-corrected chi connectivity index (χ4v) is 3.99. The molecule has 2 aliphatic carbocycles. The highest BCUT2D eigenvalue weighted by Crippen LogP contribution is 2.57. The number of ether oxygens (including phenoxy) is 1. The lowest BCUT2D eigenvalue weighted by Gasteiger charge is -2.20. The minimum Gasteiger partial charge on any atom is -0.460 e. The first-order chi connectivity index (χ1) is 8.81. The molecule has 0 spiro atoms. The molecule has 2 nitrogen and oxygen atoms in total. The van der Waals surface area contributed by atoms with Crippen molar-refractivity contribution in [1.29, 1.82) is 0 Å². The van der Waals surface area contributed by atoms with Crippen molar-refractivity contribution in [1.82, 2.24) is 0 Å². The smallest absolute Gasteiger partial charge is 0.309 e. The van der Waals surface area contributed by atoms with Crippen LogP contribution in [0.1, 0.15) is 51.9 Å². The summed E-state index contributed by atoms with van der Waals surface area (Å²) in [6, 6.07) is 0. The second kappa shape index (κ2) is 4.96. The van der Waals surface area contributed by atoms with E-state index in [1.807, 2.05) is 0 Å². The summed E-state index contributed by atoms with van der Waals surface area (Å²) in [7, 11) is 0. The summed E-state index contributed by atoms with van der Waals surface area (Å²) in [4.78, 5) is 11.6. The van der Waals surface area contributed by atoms with Gasteiger partial charge in [-0.05, 0) is 25.2 Å². The average Bonchev–Trinajstić information content (AvgIpc) is 2.97. The van der Waals surface area contributed by atoms with E-state index in [9.17, 15) is 4.79 Å². The molecular weight excluding hydrogens is 224 g/mol. The van der Waals surface area contributed by atoms with Crippen LogP contribution in [0.3, 0.4) is 0 Å². The van der Waals surface area contributed by atoms with E-state index in [4.69, 9.17) is 4.74 Å². The average molecular weight is 246 g/mol. The molecule has 2 saturated carbocycles. The van der Waals surface area contributed by atoms with Gasteiger partial charge in [0.25, 0.3) is 0 Å². The van der Waals surface area contributed by atoms with Crippen molar-refractivity contribution in [3.63, 3.8) is 0 Å². The lowest BCUT2D eigenvalue weighted by molar-refractivity contribution is -0.143. The Morgan fingerprint density at radius 2 is 2.17 bits per heavy atom. The van der Waals surface area contributed by atoms with E-state index >= 15 is 0 Å². The topological polar surface area (TPSA) is 26.3 Å². The molecule has 0 N–H and O–H groups in total. The van der Waals surface area contributed by atoms with Crippen molar-refractivity contribution in [3.8, 4) is 11.8 Å². The summed E-state index contributed by atoms with van der Waals surface area (Å²) < 4.78 is 5.51. The summed E-state index contributed by atoms with van der Waals surface area (Å²) in [6.07, 6.45) is 8.47. The predicted molar refractivity (Wildman–Crippen MR) is 69.6 cm³/mol. The summed E-state index contributed by atoms with van der Waals surface area (Å²) >= 11 is 0. The molecule has 0 amide bonds. The van der Waals surface area contributed by atoms with E-state index in [0.29, 0.717) is 17.8 Å². The van der Waals surface area contributed by atoms with E-state index < -0.39 is 0 Å². The van der Waals surface area contributed by atoms with Crippen LogP contribution in [0, 0.1) is 35.5 Å². The van der Waals surface area contributed by atoms with Crippen molar-refractivity contribution in [2.75, 3.05) is 0 Å². The van der Waals surface area contributed by atoms with Crippen LogP contribution < -0.4 is 0 Å². The lowest BCUT2D eigenvalue weighted by Crippen LogP contribution is -2.25. The summed E-state index contributed by atoms with van der Waals surface area (Å²) in [5.74, 6) is 8.51. The fraction of sp³-hybridized carbons (Fsp3) is 0.812. The molecule has 18 heavy (non-hydrogen) atoms. The third-order valence-electron chi connectivity index (χ3n) is 4.91. The molecule has 5 atom stereocenters. The minimum absolute atomic E-state index is 0.0553. The largest absolute Gasteiger partial charge is 0.460 e. The van der Waals surface area contributed by atoms with Crippen molar-refractivity contribution in [3.05, 3.63) is 0 Å². The molecule has 2 heteroatoms. The van der Waals surface area contributed by atoms with E-state index in [0.717, 1.165) is 12.8 Å². The van der Waals surface area contributed by atoms with E-state index in [1.165, 1.54) is 32.1 Å². The maximum absolute atomic E-state index is 11.6. The first-order valence-corrected chi connectivity index (χ1v) is 7.50. The highest BCUT2D eigenvalue weighted by atomic mass is 16.6. The van der Waals surface area contributed by atoms with Gasteiger partial charge in [0.05, 0.1) is 11.8 Å². The van der Waals surface area contributed by atoms with Crippen LogP contribution in [0.15, 0.2) is 0 Å². The molecule has 1 saturated heterocycles. The van der Waals surface area contributed by atoms with E-state index in [-0.39, 0.29) is 18.0 Å². The van der Waals surface area contributed by atoms with Crippen LogP contribution in [0.4, 0.5) is 0 Å². The van der Waals surface area contributed by atoms with Crippen LogP contribution in [0.5, 0.6) is 0 Å². The van der Waals surface area contributed by atoms with Crippen molar-refractivity contribution >= 4 is 5.97 Å². The summed E-state index contributed by atoms with van der Waals surface area (Å²) in [5.41, 5.74) is 0. The van der Waals surface area contributed by atoms with Crippen LogP contribution >= 0.6 is 0 Å². The molecule has 1 heterocycles. The Labute approximate surface area is 109 Å². The van der Waals surface area contributed by atoms with Crippen LogP contribution in [0.2, 0.25) is 0 Å². The molecule has 3 rings (SSSR count). The zero-order valence-corrected chi connectivity index (χ0v) is 11.2. The number of hydrogen-bond acceptors (Lipinski definition) is 2. The lowest BCUT2D eigenvalue weighted by atomic mass is 9.82. The highest BCUT2D eigenvalue weighted by Gasteiger charge is 2.61. The SMILES string of the molecule is CCCCCCC#CC1[C@@H]2C[C@H]3[C@@H](C2)C(=O)O[C@@H]13. The Hall–Kier alpha value is -0.970. The molecule has 0 aromatic carbocycles. The van der Waals surface area contributed by atoms with Gasteiger partial charge in [-0.15, -0.1) is 5.92 Å². The van der Waals surface area contributed by atoms with Crippen molar-refractivity contribution < 1.29 is 9.53 Å². The van der Waals surface area contributed by atoms with Crippen LogP contribution in [-0.4, -0.2) is 12.1 Å². The Balaban J connectivity index is 1.53. The Bertz CT molecular complexity index is 390. The summed E-state index contributed by atoms with van der Waals surface area (Å²) in [5, 5.41) is 0. The minimum atomic E-state index is 0.0553. The van der Waals surface area contributed by atoms with Crippen LogP contribution in [-0.2, 0) is 9.53 Å². The van der Waals surface area contributed by atoms with Crippen molar-refractivity contribution in [2.45, 2.75) is 58.0 Å². The molecule has 0 radical (unpaired) electrons. The first kappa shape index (κ1) is 12.1. The standard InChI is InChI=1S/C16H22O2/c1-2-3-4-5-6-7-8-12-11-9-13-14(10-11)16(17)18-15(12)13/h11-15H,2-6,9-10H2,1H3/t11-,12?,13+,14-,15+/m1/s1.